The van der Waals surface area contributed by atoms with Gasteiger partial charge < -0.3 is 14.2 Å². The van der Waals surface area contributed by atoms with Gasteiger partial charge in [-0.05, 0) is 122 Å². The summed E-state index contributed by atoms with van der Waals surface area (Å²) < 4.78 is 16.8. The fourth-order valence-electron chi connectivity index (χ4n) is 8.32. The van der Waals surface area contributed by atoms with Gasteiger partial charge in [0.1, 0.15) is 13.2 Å². The first-order chi connectivity index (χ1) is 39.0. The van der Waals surface area contributed by atoms with Gasteiger partial charge in [0.15, 0.2) is 6.10 Å². The van der Waals surface area contributed by atoms with E-state index in [4.69, 9.17) is 14.2 Å². The highest BCUT2D eigenvalue weighted by molar-refractivity contribution is 5.71. The van der Waals surface area contributed by atoms with Crippen LogP contribution in [-0.4, -0.2) is 37.2 Å². The van der Waals surface area contributed by atoms with E-state index < -0.39 is 6.10 Å². The molecule has 0 aliphatic carbocycles. The van der Waals surface area contributed by atoms with Crippen molar-refractivity contribution in [1.82, 2.24) is 0 Å². The molecule has 0 aliphatic heterocycles. The first-order valence-corrected chi connectivity index (χ1v) is 32.0. The molecule has 0 amide bonds. The van der Waals surface area contributed by atoms with E-state index in [9.17, 15) is 14.4 Å². The Kier molecular flexibility index (Phi) is 61.4. The molecule has 0 aromatic heterocycles. The van der Waals surface area contributed by atoms with Crippen LogP contribution in [0.3, 0.4) is 0 Å². The van der Waals surface area contributed by atoms with Crippen LogP contribution in [0.2, 0.25) is 0 Å². The van der Waals surface area contributed by atoms with Gasteiger partial charge in [0.25, 0.3) is 0 Å². The van der Waals surface area contributed by atoms with E-state index in [-0.39, 0.29) is 44.0 Å². The molecule has 6 heteroatoms. The summed E-state index contributed by atoms with van der Waals surface area (Å²) in [7, 11) is 0. The Bertz CT molecular complexity index is 1780. The Morgan fingerprint density at radius 2 is 0.506 bits per heavy atom. The first-order valence-electron chi connectivity index (χ1n) is 32.0. The Labute approximate surface area is 486 Å². The molecule has 1 unspecified atom stereocenters. The number of hydrogen-bond acceptors (Lipinski definition) is 6. The third-order valence-corrected chi connectivity index (χ3v) is 13.0. The predicted octanol–water partition coefficient (Wildman–Crippen LogP) is 22.1. The number of hydrogen-bond donors (Lipinski definition) is 0. The first kappa shape index (κ1) is 74.0. The van der Waals surface area contributed by atoms with Crippen molar-refractivity contribution in [1.29, 1.82) is 0 Å². The zero-order chi connectivity index (χ0) is 57.1. The summed E-state index contributed by atoms with van der Waals surface area (Å²) in [6.45, 7) is 6.34. The van der Waals surface area contributed by atoms with Gasteiger partial charge in [-0.3, -0.25) is 14.4 Å². The van der Waals surface area contributed by atoms with E-state index >= 15 is 0 Å². The summed E-state index contributed by atoms with van der Waals surface area (Å²) in [6.07, 6.45) is 95.4. The fourth-order valence-corrected chi connectivity index (χ4v) is 8.32. The minimum atomic E-state index is -0.833. The molecule has 6 nitrogen and oxygen atoms in total. The molecule has 0 aliphatic rings. The molecule has 0 fully saturated rings. The largest absolute Gasteiger partial charge is 0.462 e. The van der Waals surface area contributed by atoms with Gasteiger partial charge in [0.2, 0.25) is 0 Å². The van der Waals surface area contributed by atoms with Gasteiger partial charge in [-0.15, -0.1) is 0 Å². The second-order valence-electron chi connectivity index (χ2n) is 20.6. The molecule has 0 spiro atoms. The van der Waals surface area contributed by atoms with Crippen molar-refractivity contribution in [3.05, 3.63) is 158 Å². The van der Waals surface area contributed by atoms with Crippen molar-refractivity contribution in [2.75, 3.05) is 13.2 Å². The minimum absolute atomic E-state index is 0.119. The van der Waals surface area contributed by atoms with Gasteiger partial charge in [-0.1, -0.05) is 281 Å². The maximum atomic E-state index is 12.9. The molecule has 0 heterocycles. The van der Waals surface area contributed by atoms with Crippen molar-refractivity contribution in [3.63, 3.8) is 0 Å². The van der Waals surface area contributed by atoms with Crippen LogP contribution in [0.4, 0.5) is 0 Å². The second kappa shape index (κ2) is 65.5. The molecule has 0 rings (SSSR count). The van der Waals surface area contributed by atoms with Crippen LogP contribution in [0.1, 0.15) is 265 Å². The Morgan fingerprint density at radius 3 is 0.810 bits per heavy atom. The van der Waals surface area contributed by atoms with E-state index in [1.165, 1.54) is 89.9 Å². The maximum Gasteiger partial charge on any atom is 0.306 e. The lowest BCUT2D eigenvalue weighted by molar-refractivity contribution is -0.167. The van der Waals surface area contributed by atoms with Crippen LogP contribution in [0.15, 0.2) is 158 Å². The summed E-state index contributed by atoms with van der Waals surface area (Å²) in [4.78, 5) is 38.3. The molecule has 0 N–H and O–H groups in total. The van der Waals surface area contributed by atoms with Crippen molar-refractivity contribution in [2.45, 2.75) is 271 Å². The van der Waals surface area contributed by atoms with Crippen molar-refractivity contribution >= 4 is 17.9 Å². The molecule has 0 aromatic rings. The van der Waals surface area contributed by atoms with Crippen LogP contribution < -0.4 is 0 Å². The summed E-state index contributed by atoms with van der Waals surface area (Å²) in [5.74, 6) is -1.02. The third-order valence-electron chi connectivity index (χ3n) is 13.0. The van der Waals surface area contributed by atoms with E-state index in [0.717, 1.165) is 122 Å². The SMILES string of the molecule is CC/C=C\C/C=C\C/C=C\C/C=C\C/C=C\C/C=C\C/C=C\C/C=C\CCCCC(=O)OCC(COC(=O)CCCCCCCCCCCCCCCCCCC)OC(=O)CCC/C=C\C/C=C\C/C=C\C/C=C\C/C=C\CC. The number of rotatable bonds is 56. The minimum Gasteiger partial charge on any atom is -0.462 e. The van der Waals surface area contributed by atoms with Gasteiger partial charge >= 0.3 is 17.9 Å². The average molecular weight is 1090 g/mol. The summed E-state index contributed by atoms with van der Waals surface area (Å²) in [6, 6.07) is 0. The zero-order valence-electron chi connectivity index (χ0n) is 50.8. The second-order valence-corrected chi connectivity index (χ2v) is 20.6. The summed E-state index contributed by atoms with van der Waals surface area (Å²) in [5, 5.41) is 0. The summed E-state index contributed by atoms with van der Waals surface area (Å²) >= 11 is 0. The fraction of sp³-hybridized carbons (Fsp3) is 0.603. The van der Waals surface area contributed by atoms with Crippen LogP contribution >= 0.6 is 0 Å². The van der Waals surface area contributed by atoms with E-state index in [1.54, 1.807) is 0 Å². The number of ether oxygens (including phenoxy) is 3. The lowest BCUT2D eigenvalue weighted by atomic mass is 10.0. The topological polar surface area (TPSA) is 78.9 Å². The van der Waals surface area contributed by atoms with Crippen LogP contribution in [0.25, 0.3) is 0 Å². The highest BCUT2D eigenvalue weighted by Gasteiger charge is 2.19. The molecule has 0 saturated carbocycles. The highest BCUT2D eigenvalue weighted by atomic mass is 16.6. The molecular weight excluding hydrogens is 973 g/mol. The van der Waals surface area contributed by atoms with Crippen LogP contribution in [0.5, 0.6) is 0 Å². The van der Waals surface area contributed by atoms with E-state index in [2.05, 4.69) is 179 Å². The monoisotopic (exact) mass is 1090 g/mol. The number of esters is 3. The average Bonchev–Trinajstić information content (AvgIpc) is 3.45. The normalized spacial score (nSPS) is 13.2. The Morgan fingerprint density at radius 1 is 0.266 bits per heavy atom. The van der Waals surface area contributed by atoms with Gasteiger partial charge in [-0.25, -0.2) is 0 Å². The van der Waals surface area contributed by atoms with Crippen molar-refractivity contribution < 1.29 is 28.6 Å². The number of allylic oxidation sites excluding steroid dienone is 26. The molecule has 1 atom stereocenters. The Hall–Kier alpha value is -4.97. The van der Waals surface area contributed by atoms with Gasteiger partial charge in [0.05, 0.1) is 0 Å². The van der Waals surface area contributed by atoms with Crippen molar-refractivity contribution in [3.8, 4) is 0 Å². The smallest absolute Gasteiger partial charge is 0.306 e. The van der Waals surface area contributed by atoms with E-state index in [0.29, 0.717) is 19.3 Å². The zero-order valence-corrected chi connectivity index (χ0v) is 50.8. The highest BCUT2D eigenvalue weighted by Crippen LogP contribution is 2.15. The molecule has 0 saturated heterocycles. The standard InChI is InChI=1S/C73H116O6/c1-4-7-10-13-16-19-22-25-28-31-32-33-34-35-36-37-38-39-40-43-45-48-51-54-57-60-63-66-72(75)78-69-70(79-73(76)67-64-61-58-55-52-49-46-42-30-27-24-21-18-15-12-9-6-3)68-77-71(74)65-62-59-56-53-50-47-44-41-29-26-23-20-17-14-11-8-5-2/h7,9-10,12,16,18-19,21,25,27-28,30,32-33,35-36,38-39,43,45-46,49,51,54-55,58,70H,4-6,8,11,13-15,17,20,22-24,26,29,31,34,37,40-42,44,47-48,50,52-53,56-57,59-69H2,1-3H3/b10-7-,12-9-,19-16-,21-18-,28-25-,30-27-,33-32-,36-35-,39-38-,45-43-,49-46-,54-51-,58-55-. The molecular formula is C73H116O6. The predicted molar refractivity (Wildman–Crippen MR) is 343 cm³/mol. The van der Waals surface area contributed by atoms with E-state index in [1.807, 2.05) is 0 Å². The molecule has 79 heavy (non-hydrogen) atoms. The van der Waals surface area contributed by atoms with Crippen LogP contribution in [0, 0.1) is 0 Å². The lowest BCUT2D eigenvalue weighted by Gasteiger charge is -2.18. The quantitative estimate of drug-likeness (QED) is 0.0261. The van der Waals surface area contributed by atoms with Crippen molar-refractivity contribution in [2.24, 2.45) is 0 Å². The van der Waals surface area contributed by atoms with Gasteiger partial charge in [0, 0.05) is 19.3 Å². The lowest BCUT2D eigenvalue weighted by Crippen LogP contribution is -2.30. The Balaban J connectivity index is 4.53. The molecule has 0 aromatic carbocycles. The maximum absolute atomic E-state index is 12.9. The van der Waals surface area contributed by atoms with Gasteiger partial charge in [-0.2, -0.15) is 0 Å². The van der Waals surface area contributed by atoms with Crippen LogP contribution in [-0.2, 0) is 28.6 Å². The molecule has 0 radical (unpaired) electrons. The molecule has 444 valence electrons. The molecule has 0 bridgehead atoms. The number of carbonyl (C=O) groups excluding carboxylic acids is 3. The summed E-state index contributed by atoms with van der Waals surface area (Å²) in [5.41, 5.74) is 0. The third kappa shape index (κ3) is 63.7. The number of carbonyl (C=O) groups is 3. The number of unbranched alkanes of at least 4 members (excludes halogenated alkanes) is 19.